The third-order valence-corrected chi connectivity index (χ3v) is 2.23. The van der Waals surface area contributed by atoms with E-state index in [1.807, 2.05) is 0 Å². The van der Waals surface area contributed by atoms with Gasteiger partial charge in [-0.2, -0.15) is 4.83 Å². The van der Waals surface area contributed by atoms with Gasteiger partial charge in [0.05, 0.1) is 0 Å². The SMILES string of the molecule is CCN(CC)C(=S)SNN. The Morgan fingerprint density at radius 2 is 2.10 bits per heavy atom. The third-order valence-electron chi connectivity index (χ3n) is 1.17. The van der Waals surface area contributed by atoms with E-state index in [0.717, 1.165) is 17.4 Å². The molecule has 0 fully saturated rings. The zero-order valence-electron chi connectivity index (χ0n) is 6.26. The largest absolute Gasteiger partial charge is 0.357 e. The summed E-state index contributed by atoms with van der Waals surface area (Å²) in [5, 5.41) is 0. The molecule has 0 aromatic rings. The summed E-state index contributed by atoms with van der Waals surface area (Å²) in [6.07, 6.45) is 0. The van der Waals surface area contributed by atoms with E-state index in [0.29, 0.717) is 0 Å². The number of hydrogen-bond donors (Lipinski definition) is 2. The number of hydrogen-bond acceptors (Lipinski definition) is 4. The van der Waals surface area contributed by atoms with Gasteiger partial charge in [0.15, 0.2) is 4.32 Å². The second-order valence-corrected chi connectivity index (χ2v) is 3.13. The molecule has 0 unspecified atom stereocenters. The average Bonchev–Trinajstić information content (AvgIpc) is 1.91. The minimum atomic E-state index is 0.799. The van der Waals surface area contributed by atoms with E-state index in [4.69, 9.17) is 18.1 Å². The minimum absolute atomic E-state index is 0.799. The molecule has 3 N–H and O–H groups in total. The minimum Gasteiger partial charge on any atom is -0.357 e. The van der Waals surface area contributed by atoms with Crippen molar-refractivity contribution in [1.29, 1.82) is 0 Å². The maximum absolute atomic E-state index is 5.08. The topological polar surface area (TPSA) is 41.3 Å². The molecule has 0 saturated carbocycles. The third kappa shape index (κ3) is 3.36. The zero-order chi connectivity index (χ0) is 7.98. The van der Waals surface area contributed by atoms with Gasteiger partial charge in [-0.15, -0.1) is 0 Å². The fourth-order valence-electron chi connectivity index (χ4n) is 0.597. The lowest BCUT2D eigenvalue weighted by atomic mass is 10.6. The fourth-order valence-corrected chi connectivity index (χ4v) is 1.49. The van der Waals surface area contributed by atoms with Crippen LogP contribution in [0.2, 0.25) is 0 Å². The van der Waals surface area contributed by atoms with Crippen molar-refractivity contribution in [1.82, 2.24) is 9.73 Å². The van der Waals surface area contributed by atoms with E-state index in [1.54, 1.807) is 0 Å². The Labute approximate surface area is 71.4 Å². The first-order chi connectivity index (χ1) is 4.76. The van der Waals surface area contributed by atoms with Gasteiger partial charge in [0.25, 0.3) is 0 Å². The van der Waals surface area contributed by atoms with Crippen LogP contribution in [0.25, 0.3) is 0 Å². The fraction of sp³-hybridized carbons (Fsp3) is 0.800. The van der Waals surface area contributed by atoms with Crippen LogP contribution in [0.5, 0.6) is 0 Å². The molecule has 0 heterocycles. The van der Waals surface area contributed by atoms with Crippen molar-refractivity contribution in [2.45, 2.75) is 13.8 Å². The van der Waals surface area contributed by atoms with E-state index >= 15 is 0 Å². The molecule has 0 saturated heterocycles. The van der Waals surface area contributed by atoms with Gasteiger partial charge in [-0.3, -0.25) is 5.84 Å². The first-order valence-corrected chi connectivity index (χ1v) is 4.40. The summed E-state index contributed by atoms with van der Waals surface area (Å²) in [6, 6.07) is 0. The number of nitrogens with two attached hydrogens (primary N) is 1. The van der Waals surface area contributed by atoms with Crippen molar-refractivity contribution in [3.63, 3.8) is 0 Å². The van der Waals surface area contributed by atoms with Gasteiger partial charge >= 0.3 is 0 Å². The molecule has 0 aliphatic carbocycles. The van der Waals surface area contributed by atoms with Crippen LogP contribution in [0.15, 0.2) is 0 Å². The van der Waals surface area contributed by atoms with Gasteiger partial charge in [-0.1, -0.05) is 12.2 Å². The summed E-state index contributed by atoms with van der Waals surface area (Å²) in [5.74, 6) is 5.08. The molecular weight excluding hydrogens is 166 g/mol. The Kier molecular flexibility index (Phi) is 6.00. The van der Waals surface area contributed by atoms with Crippen molar-refractivity contribution in [2.24, 2.45) is 5.84 Å². The summed E-state index contributed by atoms with van der Waals surface area (Å²) < 4.78 is 0.799. The highest BCUT2D eigenvalue weighted by Crippen LogP contribution is 2.02. The second-order valence-electron chi connectivity index (χ2n) is 1.66. The number of hydrazine groups is 1. The first kappa shape index (κ1) is 10.2. The van der Waals surface area contributed by atoms with Gasteiger partial charge in [-0.25, -0.2) is 0 Å². The van der Waals surface area contributed by atoms with Crippen LogP contribution < -0.4 is 10.7 Å². The van der Waals surface area contributed by atoms with Crippen LogP contribution in [-0.2, 0) is 0 Å². The summed E-state index contributed by atoms with van der Waals surface area (Å²) in [5.41, 5.74) is 0. The maximum atomic E-state index is 5.08. The molecule has 3 nitrogen and oxygen atoms in total. The predicted octanol–water partition coefficient (Wildman–Crippen LogP) is 0.725. The van der Waals surface area contributed by atoms with Crippen LogP contribution in [0, 0.1) is 0 Å². The standard InChI is InChI=1S/C5H13N3S2/c1-3-8(4-2)5(9)10-7-6/h7H,3-4,6H2,1-2H3. The van der Waals surface area contributed by atoms with E-state index in [-0.39, 0.29) is 0 Å². The molecular formula is C5H13N3S2. The van der Waals surface area contributed by atoms with Crippen LogP contribution in [0.3, 0.4) is 0 Å². The van der Waals surface area contributed by atoms with Gasteiger partial charge in [-0.05, 0) is 13.8 Å². The van der Waals surface area contributed by atoms with Crippen LogP contribution in [0.4, 0.5) is 0 Å². The highest BCUT2D eigenvalue weighted by molar-refractivity contribution is 8.21. The molecule has 0 aliphatic heterocycles. The van der Waals surface area contributed by atoms with E-state index in [9.17, 15) is 0 Å². The van der Waals surface area contributed by atoms with Crippen molar-refractivity contribution >= 4 is 28.5 Å². The lowest BCUT2D eigenvalue weighted by Crippen LogP contribution is -2.30. The van der Waals surface area contributed by atoms with Gasteiger partial charge < -0.3 is 4.90 Å². The highest BCUT2D eigenvalue weighted by Gasteiger charge is 2.03. The Hall–Kier alpha value is 0.160. The average molecular weight is 179 g/mol. The molecule has 0 rings (SSSR count). The van der Waals surface area contributed by atoms with E-state index in [1.165, 1.54) is 11.9 Å². The van der Waals surface area contributed by atoms with Crippen LogP contribution in [-0.4, -0.2) is 22.3 Å². The summed E-state index contributed by atoms with van der Waals surface area (Å²) in [7, 11) is 0. The molecule has 60 valence electrons. The molecule has 0 bridgehead atoms. The number of rotatable bonds is 3. The molecule has 0 radical (unpaired) electrons. The van der Waals surface area contributed by atoms with Crippen molar-refractivity contribution in [3.05, 3.63) is 0 Å². The van der Waals surface area contributed by atoms with Crippen molar-refractivity contribution in [3.8, 4) is 0 Å². The number of nitrogens with zero attached hydrogens (tertiary/aromatic N) is 1. The predicted molar refractivity (Wildman–Crippen MR) is 50.4 cm³/mol. The first-order valence-electron chi connectivity index (χ1n) is 3.17. The number of thiocarbonyl (C=S) groups is 1. The van der Waals surface area contributed by atoms with Crippen LogP contribution >= 0.6 is 24.2 Å². The Bertz CT molecular complexity index is 103. The summed E-state index contributed by atoms with van der Waals surface area (Å²) in [6.45, 7) is 5.99. The zero-order valence-corrected chi connectivity index (χ0v) is 7.89. The Balaban J connectivity index is 3.65. The second kappa shape index (κ2) is 5.91. The monoisotopic (exact) mass is 179 g/mol. The van der Waals surface area contributed by atoms with Crippen molar-refractivity contribution in [2.75, 3.05) is 13.1 Å². The molecule has 0 aromatic carbocycles. The Morgan fingerprint density at radius 1 is 1.60 bits per heavy atom. The maximum Gasteiger partial charge on any atom is 0.152 e. The van der Waals surface area contributed by atoms with Gasteiger partial charge in [0.2, 0.25) is 0 Å². The lowest BCUT2D eigenvalue weighted by molar-refractivity contribution is 0.482. The molecule has 0 aliphatic rings. The highest BCUT2D eigenvalue weighted by atomic mass is 32.2. The molecule has 0 amide bonds. The Morgan fingerprint density at radius 3 is 2.40 bits per heavy atom. The van der Waals surface area contributed by atoms with E-state index in [2.05, 4.69) is 23.6 Å². The number of nitrogens with one attached hydrogen (secondary N) is 1. The summed E-state index contributed by atoms with van der Waals surface area (Å²) in [4.78, 5) is 4.51. The van der Waals surface area contributed by atoms with Gasteiger partial charge in [0.1, 0.15) is 0 Å². The quantitative estimate of drug-likeness (QED) is 0.289. The van der Waals surface area contributed by atoms with Crippen molar-refractivity contribution < 1.29 is 0 Å². The summed E-state index contributed by atoms with van der Waals surface area (Å²) >= 11 is 6.29. The van der Waals surface area contributed by atoms with Crippen LogP contribution in [0.1, 0.15) is 13.8 Å². The molecule has 10 heavy (non-hydrogen) atoms. The molecule has 5 heteroatoms. The smallest absolute Gasteiger partial charge is 0.152 e. The molecule has 0 aromatic heterocycles. The lowest BCUT2D eigenvalue weighted by Gasteiger charge is -2.19. The molecule has 0 atom stereocenters. The molecule has 0 spiro atoms. The normalized spacial score (nSPS) is 9.50. The van der Waals surface area contributed by atoms with E-state index < -0.39 is 0 Å². The van der Waals surface area contributed by atoms with Gasteiger partial charge in [0, 0.05) is 25.0 Å².